The molecule has 3 unspecified atom stereocenters. The van der Waals surface area contributed by atoms with Gasteiger partial charge in [-0.2, -0.15) is 0 Å². The van der Waals surface area contributed by atoms with E-state index in [1.807, 2.05) is 36.4 Å². The highest BCUT2D eigenvalue weighted by Crippen LogP contribution is 2.46. The molecule has 0 aromatic heterocycles. The number of hydrogen-bond donors (Lipinski definition) is 2. The predicted molar refractivity (Wildman–Crippen MR) is 151 cm³/mol. The summed E-state index contributed by atoms with van der Waals surface area (Å²) in [6, 6.07) is 19.1. The van der Waals surface area contributed by atoms with E-state index >= 15 is 0 Å². The van der Waals surface area contributed by atoms with E-state index in [1.165, 1.54) is 37.8 Å². The Morgan fingerprint density at radius 1 is 0.975 bits per heavy atom. The Kier molecular flexibility index (Phi) is 7.88. The highest BCUT2D eigenvalue weighted by Gasteiger charge is 2.45. The standard InChI is InChI=1S/C30H30N2O7S/c1-17(31-30(36)39-15-24-21-10-6-4-8-19(21)20-9-5-7-11-22(20)24)27(33)32-25(29(34)35)16-40-28(32)23-13-12-18(37-2)14-26(23)38-3/h4-14,17,24-25,28H,15-16H2,1-3H3,(H,31,36)(H,34,35). The average Bonchev–Trinajstić information content (AvgIpc) is 3.55. The maximum absolute atomic E-state index is 13.6. The lowest BCUT2D eigenvalue weighted by Crippen LogP contribution is -2.51. The zero-order valence-electron chi connectivity index (χ0n) is 22.3. The van der Waals surface area contributed by atoms with E-state index in [4.69, 9.17) is 14.2 Å². The van der Waals surface area contributed by atoms with Crippen LogP contribution in [0.2, 0.25) is 0 Å². The largest absolute Gasteiger partial charge is 0.497 e. The van der Waals surface area contributed by atoms with E-state index in [0.717, 1.165) is 22.3 Å². The third kappa shape index (κ3) is 5.06. The van der Waals surface area contributed by atoms with Gasteiger partial charge in [-0.1, -0.05) is 48.5 Å². The summed E-state index contributed by atoms with van der Waals surface area (Å²) in [5, 5.41) is 11.8. The summed E-state index contributed by atoms with van der Waals surface area (Å²) < 4.78 is 16.4. The van der Waals surface area contributed by atoms with Gasteiger partial charge in [-0.25, -0.2) is 9.59 Å². The second kappa shape index (κ2) is 11.5. The molecular formula is C30H30N2O7S. The Hall–Kier alpha value is -4.18. The molecule has 3 aromatic carbocycles. The van der Waals surface area contributed by atoms with Crippen molar-refractivity contribution >= 4 is 29.7 Å². The molecule has 1 fully saturated rings. The molecule has 1 aliphatic carbocycles. The Morgan fingerprint density at radius 2 is 1.62 bits per heavy atom. The van der Waals surface area contributed by atoms with Crippen LogP contribution in [0.5, 0.6) is 11.5 Å². The maximum atomic E-state index is 13.6. The Balaban J connectivity index is 1.29. The third-order valence-corrected chi connectivity index (χ3v) is 8.60. The number of ether oxygens (including phenoxy) is 3. The molecular weight excluding hydrogens is 532 g/mol. The van der Waals surface area contributed by atoms with Gasteiger partial charge in [0.25, 0.3) is 0 Å². The molecule has 1 saturated heterocycles. The lowest BCUT2D eigenvalue weighted by molar-refractivity contribution is -0.149. The molecule has 3 aromatic rings. The van der Waals surface area contributed by atoms with Crippen LogP contribution in [-0.4, -0.2) is 66.6 Å². The second-order valence-electron chi connectivity index (χ2n) is 9.58. The molecule has 0 spiro atoms. The number of carboxylic acids is 1. The fourth-order valence-corrected chi connectivity index (χ4v) is 6.78. The smallest absolute Gasteiger partial charge is 0.407 e. The van der Waals surface area contributed by atoms with Crippen LogP contribution < -0.4 is 14.8 Å². The lowest BCUT2D eigenvalue weighted by Gasteiger charge is -2.31. The number of benzene rings is 3. The van der Waals surface area contributed by atoms with E-state index in [9.17, 15) is 19.5 Å². The third-order valence-electron chi connectivity index (χ3n) is 7.30. The van der Waals surface area contributed by atoms with Crippen LogP contribution in [-0.2, 0) is 14.3 Å². The van der Waals surface area contributed by atoms with Crippen molar-refractivity contribution in [3.8, 4) is 22.6 Å². The number of amides is 2. The van der Waals surface area contributed by atoms with Crippen molar-refractivity contribution in [1.82, 2.24) is 10.2 Å². The van der Waals surface area contributed by atoms with Crippen LogP contribution >= 0.6 is 11.8 Å². The van der Waals surface area contributed by atoms with E-state index < -0.39 is 35.4 Å². The van der Waals surface area contributed by atoms with Gasteiger partial charge in [0.2, 0.25) is 5.91 Å². The fraction of sp³-hybridized carbons (Fsp3) is 0.300. The minimum atomic E-state index is -1.12. The number of carbonyl (C=O) groups is 3. The average molecular weight is 563 g/mol. The molecule has 0 bridgehead atoms. The first-order valence-corrected chi connectivity index (χ1v) is 13.9. The van der Waals surface area contributed by atoms with Gasteiger partial charge in [-0.3, -0.25) is 4.79 Å². The normalized spacial score (nSPS) is 18.4. The maximum Gasteiger partial charge on any atom is 0.407 e. The molecule has 1 heterocycles. The van der Waals surface area contributed by atoms with Gasteiger partial charge in [0.1, 0.15) is 35.6 Å². The number of carbonyl (C=O) groups excluding carboxylic acids is 2. The molecule has 5 rings (SSSR count). The predicted octanol–water partition coefficient (Wildman–Crippen LogP) is 4.66. The number of hydrogen-bond acceptors (Lipinski definition) is 7. The summed E-state index contributed by atoms with van der Waals surface area (Å²) in [4.78, 5) is 39.8. The SMILES string of the molecule is COc1ccc(C2SCC(C(=O)O)N2C(=O)C(C)NC(=O)OCC2c3ccccc3-c3ccccc32)c(OC)c1. The van der Waals surface area contributed by atoms with Gasteiger partial charge in [-0.15, -0.1) is 11.8 Å². The van der Waals surface area contributed by atoms with Crippen LogP contribution in [0.15, 0.2) is 66.7 Å². The molecule has 0 radical (unpaired) electrons. The summed E-state index contributed by atoms with van der Waals surface area (Å²) >= 11 is 1.32. The number of nitrogens with zero attached hydrogens (tertiary/aromatic N) is 1. The van der Waals surface area contributed by atoms with Crippen LogP contribution in [0.4, 0.5) is 4.79 Å². The minimum Gasteiger partial charge on any atom is -0.497 e. The molecule has 1 aliphatic heterocycles. The van der Waals surface area contributed by atoms with Crippen LogP contribution in [0.3, 0.4) is 0 Å². The fourth-order valence-electron chi connectivity index (χ4n) is 5.33. The first-order chi connectivity index (χ1) is 19.3. The molecule has 2 N–H and O–H groups in total. The molecule has 40 heavy (non-hydrogen) atoms. The number of methoxy groups -OCH3 is 2. The summed E-state index contributed by atoms with van der Waals surface area (Å²) in [7, 11) is 3.03. The van der Waals surface area contributed by atoms with Crippen LogP contribution in [0, 0.1) is 0 Å². The first-order valence-electron chi connectivity index (χ1n) is 12.8. The highest BCUT2D eigenvalue weighted by atomic mass is 32.2. The van der Waals surface area contributed by atoms with Crippen molar-refractivity contribution in [2.24, 2.45) is 0 Å². The highest BCUT2D eigenvalue weighted by molar-refractivity contribution is 7.99. The molecule has 10 heteroatoms. The Bertz CT molecular complexity index is 1400. The number of alkyl carbamates (subject to hydrolysis) is 1. The van der Waals surface area contributed by atoms with Crippen molar-refractivity contribution in [1.29, 1.82) is 0 Å². The van der Waals surface area contributed by atoms with Gasteiger partial charge >= 0.3 is 12.1 Å². The molecule has 2 amide bonds. The van der Waals surface area contributed by atoms with Crippen LogP contribution in [0.25, 0.3) is 11.1 Å². The van der Waals surface area contributed by atoms with Gasteiger partial charge < -0.3 is 29.5 Å². The molecule has 208 valence electrons. The van der Waals surface area contributed by atoms with E-state index in [2.05, 4.69) is 17.4 Å². The minimum absolute atomic E-state index is 0.101. The molecule has 0 saturated carbocycles. The summed E-state index contributed by atoms with van der Waals surface area (Å²) in [6.07, 6.45) is -0.750. The van der Waals surface area contributed by atoms with E-state index in [-0.39, 0.29) is 18.3 Å². The number of carboxylic acid groups (broad SMARTS) is 1. The van der Waals surface area contributed by atoms with Crippen molar-refractivity contribution in [2.45, 2.75) is 30.3 Å². The monoisotopic (exact) mass is 562 g/mol. The van der Waals surface area contributed by atoms with Crippen molar-refractivity contribution in [2.75, 3.05) is 26.6 Å². The quantitative estimate of drug-likeness (QED) is 0.408. The number of aliphatic carboxylic acids is 1. The molecule has 9 nitrogen and oxygen atoms in total. The van der Waals surface area contributed by atoms with Crippen molar-refractivity contribution in [3.63, 3.8) is 0 Å². The van der Waals surface area contributed by atoms with Gasteiger partial charge in [0.15, 0.2) is 0 Å². The molecule has 3 atom stereocenters. The Morgan fingerprint density at radius 3 is 2.23 bits per heavy atom. The lowest BCUT2D eigenvalue weighted by atomic mass is 9.98. The topological polar surface area (TPSA) is 114 Å². The number of fused-ring (bicyclic) bond motifs is 3. The Labute approximate surface area is 236 Å². The molecule has 2 aliphatic rings. The van der Waals surface area contributed by atoms with Gasteiger partial charge in [0, 0.05) is 23.3 Å². The summed E-state index contributed by atoms with van der Waals surface area (Å²) in [5.41, 5.74) is 5.02. The number of nitrogens with one attached hydrogen (secondary N) is 1. The van der Waals surface area contributed by atoms with Crippen molar-refractivity contribution in [3.05, 3.63) is 83.4 Å². The van der Waals surface area contributed by atoms with E-state index in [0.29, 0.717) is 17.1 Å². The van der Waals surface area contributed by atoms with Gasteiger partial charge in [0.05, 0.1) is 14.2 Å². The van der Waals surface area contributed by atoms with Gasteiger partial charge in [-0.05, 0) is 41.3 Å². The second-order valence-corrected chi connectivity index (χ2v) is 10.7. The zero-order chi connectivity index (χ0) is 28.4. The van der Waals surface area contributed by atoms with Crippen LogP contribution in [0.1, 0.15) is 34.9 Å². The number of thioether (sulfide) groups is 1. The van der Waals surface area contributed by atoms with Crippen molar-refractivity contribution < 1.29 is 33.7 Å². The summed E-state index contributed by atoms with van der Waals surface area (Å²) in [5.74, 6) is -0.543. The first kappa shape index (κ1) is 27.4. The summed E-state index contributed by atoms with van der Waals surface area (Å²) in [6.45, 7) is 1.62. The van der Waals surface area contributed by atoms with E-state index in [1.54, 1.807) is 18.2 Å². The zero-order valence-corrected chi connectivity index (χ0v) is 23.1. The number of rotatable bonds is 8.